The SMILES string of the molecule is CCNc1nc(SCC(=O)c2ccc(NS(C)(=O)=O)cc2)nc2ccccc12. The van der Waals surface area contributed by atoms with E-state index in [2.05, 4.69) is 20.0 Å². The number of nitrogens with one attached hydrogen (secondary N) is 2. The largest absolute Gasteiger partial charge is 0.370 e. The van der Waals surface area contributed by atoms with Gasteiger partial charge in [0.2, 0.25) is 10.0 Å². The van der Waals surface area contributed by atoms with Gasteiger partial charge in [-0.05, 0) is 43.3 Å². The Kier molecular flexibility index (Phi) is 6.15. The van der Waals surface area contributed by atoms with Gasteiger partial charge in [-0.3, -0.25) is 9.52 Å². The molecule has 0 atom stereocenters. The summed E-state index contributed by atoms with van der Waals surface area (Å²) in [7, 11) is -3.34. The maximum atomic E-state index is 12.5. The molecule has 2 aromatic carbocycles. The number of thioether (sulfide) groups is 1. The summed E-state index contributed by atoms with van der Waals surface area (Å²) in [6.07, 6.45) is 1.08. The van der Waals surface area contributed by atoms with Gasteiger partial charge in [0.25, 0.3) is 0 Å². The van der Waals surface area contributed by atoms with E-state index in [4.69, 9.17) is 0 Å². The highest BCUT2D eigenvalue weighted by molar-refractivity contribution is 7.99. The first kappa shape index (κ1) is 20.1. The van der Waals surface area contributed by atoms with Gasteiger partial charge in [-0.1, -0.05) is 23.9 Å². The van der Waals surface area contributed by atoms with E-state index in [1.165, 1.54) is 11.8 Å². The molecule has 1 heterocycles. The van der Waals surface area contributed by atoms with Crippen LogP contribution in [0.2, 0.25) is 0 Å². The fourth-order valence-corrected chi connectivity index (χ4v) is 3.88. The van der Waals surface area contributed by atoms with E-state index < -0.39 is 10.0 Å². The molecule has 0 aliphatic carbocycles. The van der Waals surface area contributed by atoms with E-state index in [1.54, 1.807) is 24.3 Å². The minimum atomic E-state index is -3.34. The van der Waals surface area contributed by atoms with Crippen LogP contribution in [0.3, 0.4) is 0 Å². The molecular formula is C19H20N4O3S2. The molecule has 0 bridgehead atoms. The molecule has 9 heteroatoms. The van der Waals surface area contributed by atoms with Crippen molar-refractivity contribution in [2.24, 2.45) is 0 Å². The molecule has 0 saturated heterocycles. The van der Waals surface area contributed by atoms with Crippen molar-refractivity contribution < 1.29 is 13.2 Å². The number of carbonyl (C=O) groups excluding carboxylic acids is 1. The smallest absolute Gasteiger partial charge is 0.229 e. The summed E-state index contributed by atoms with van der Waals surface area (Å²) in [6, 6.07) is 14.0. The van der Waals surface area contributed by atoms with Gasteiger partial charge in [-0.15, -0.1) is 0 Å². The second-order valence-corrected chi connectivity index (χ2v) is 8.76. The highest BCUT2D eigenvalue weighted by Crippen LogP contribution is 2.25. The first-order valence-corrected chi connectivity index (χ1v) is 11.5. The Morgan fingerprint density at radius 2 is 1.79 bits per heavy atom. The third kappa shape index (κ3) is 5.20. The van der Waals surface area contributed by atoms with Gasteiger partial charge >= 0.3 is 0 Å². The average Bonchev–Trinajstić information content (AvgIpc) is 2.66. The number of sulfonamides is 1. The van der Waals surface area contributed by atoms with Crippen molar-refractivity contribution in [2.75, 3.05) is 28.6 Å². The lowest BCUT2D eigenvalue weighted by Gasteiger charge is -2.09. The molecule has 0 amide bonds. The molecule has 0 aliphatic rings. The topological polar surface area (TPSA) is 101 Å². The lowest BCUT2D eigenvalue weighted by Crippen LogP contribution is -2.10. The summed E-state index contributed by atoms with van der Waals surface area (Å²) in [5.41, 5.74) is 1.73. The maximum absolute atomic E-state index is 12.5. The van der Waals surface area contributed by atoms with E-state index in [-0.39, 0.29) is 11.5 Å². The number of anilines is 2. The third-order valence-electron chi connectivity index (χ3n) is 3.77. The van der Waals surface area contributed by atoms with Gasteiger partial charge in [0.05, 0.1) is 17.5 Å². The van der Waals surface area contributed by atoms with Crippen LogP contribution in [0.1, 0.15) is 17.3 Å². The van der Waals surface area contributed by atoms with Crippen LogP contribution in [0.25, 0.3) is 10.9 Å². The Hall–Kier alpha value is -2.65. The normalized spacial score (nSPS) is 11.4. The molecule has 0 radical (unpaired) electrons. The number of rotatable bonds is 8. The molecule has 0 fully saturated rings. The molecule has 3 rings (SSSR count). The van der Waals surface area contributed by atoms with Crippen molar-refractivity contribution in [3.05, 3.63) is 54.1 Å². The Morgan fingerprint density at radius 1 is 1.07 bits per heavy atom. The predicted molar refractivity (Wildman–Crippen MR) is 114 cm³/mol. The quantitative estimate of drug-likeness (QED) is 0.330. The summed E-state index contributed by atoms with van der Waals surface area (Å²) in [5, 5.41) is 4.69. The first-order chi connectivity index (χ1) is 13.4. The summed E-state index contributed by atoms with van der Waals surface area (Å²) >= 11 is 1.27. The summed E-state index contributed by atoms with van der Waals surface area (Å²) in [6.45, 7) is 2.73. The molecule has 2 N–H and O–H groups in total. The molecule has 0 spiro atoms. The van der Waals surface area contributed by atoms with E-state index >= 15 is 0 Å². The second kappa shape index (κ2) is 8.57. The lowest BCUT2D eigenvalue weighted by molar-refractivity contribution is 0.102. The van der Waals surface area contributed by atoms with Gasteiger partial charge in [0.1, 0.15) is 5.82 Å². The number of nitrogens with zero attached hydrogens (tertiary/aromatic N) is 2. The number of aromatic nitrogens is 2. The zero-order valence-corrected chi connectivity index (χ0v) is 17.1. The number of ketones is 1. The van der Waals surface area contributed by atoms with Crippen LogP contribution in [0.4, 0.5) is 11.5 Å². The number of fused-ring (bicyclic) bond motifs is 1. The van der Waals surface area contributed by atoms with E-state index in [1.807, 2.05) is 31.2 Å². The number of hydrogen-bond acceptors (Lipinski definition) is 7. The van der Waals surface area contributed by atoms with Crippen molar-refractivity contribution in [3.8, 4) is 0 Å². The second-order valence-electron chi connectivity index (χ2n) is 6.07. The minimum Gasteiger partial charge on any atom is -0.370 e. The lowest BCUT2D eigenvalue weighted by atomic mass is 10.1. The molecule has 146 valence electrons. The Bertz CT molecular complexity index is 1100. The molecule has 0 saturated carbocycles. The van der Waals surface area contributed by atoms with Crippen LogP contribution < -0.4 is 10.0 Å². The highest BCUT2D eigenvalue weighted by Gasteiger charge is 2.12. The van der Waals surface area contributed by atoms with Gasteiger partial charge < -0.3 is 5.32 Å². The van der Waals surface area contributed by atoms with Crippen LogP contribution in [0.15, 0.2) is 53.7 Å². The standard InChI is InChI=1S/C19H20N4O3S2/c1-3-20-18-15-6-4-5-7-16(15)21-19(22-18)27-12-17(24)13-8-10-14(11-9-13)23-28(2,25)26/h4-11,23H,3,12H2,1-2H3,(H,20,21,22). The minimum absolute atomic E-state index is 0.0855. The van der Waals surface area contributed by atoms with Crippen molar-refractivity contribution in [3.63, 3.8) is 0 Å². The molecule has 3 aromatic rings. The molecular weight excluding hydrogens is 396 g/mol. The summed E-state index contributed by atoms with van der Waals surface area (Å²) in [4.78, 5) is 21.5. The van der Waals surface area contributed by atoms with Crippen LogP contribution >= 0.6 is 11.8 Å². The zero-order chi connectivity index (χ0) is 20.1. The number of benzene rings is 2. The number of hydrogen-bond donors (Lipinski definition) is 2. The summed E-state index contributed by atoms with van der Waals surface area (Å²) < 4.78 is 24.9. The monoisotopic (exact) mass is 416 g/mol. The Balaban J connectivity index is 1.72. The molecule has 7 nitrogen and oxygen atoms in total. The fourth-order valence-electron chi connectivity index (χ4n) is 2.57. The summed E-state index contributed by atoms with van der Waals surface area (Å²) in [5.74, 6) is 0.847. The average molecular weight is 417 g/mol. The number of carbonyl (C=O) groups is 1. The highest BCUT2D eigenvalue weighted by atomic mass is 32.2. The van der Waals surface area contributed by atoms with Crippen molar-refractivity contribution >= 4 is 50.0 Å². The van der Waals surface area contributed by atoms with Gasteiger partial charge in [-0.25, -0.2) is 18.4 Å². The van der Waals surface area contributed by atoms with E-state index in [0.29, 0.717) is 16.4 Å². The van der Waals surface area contributed by atoms with Gasteiger partial charge in [0.15, 0.2) is 10.9 Å². The van der Waals surface area contributed by atoms with Crippen LogP contribution in [0, 0.1) is 0 Å². The van der Waals surface area contributed by atoms with Gasteiger partial charge in [-0.2, -0.15) is 0 Å². The molecule has 0 aliphatic heterocycles. The van der Waals surface area contributed by atoms with E-state index in [9.17, 15) is 13.2 Å². The third-order valence-corrected chi connectivity index (χ3v) is 5.22. The first-order valence-electron chi connectivity index (χ1n) is 8.60. The Labute approximate surface area is 168 Å². The predicted octanol–water partition coefficient (Wildman–Crippen LogP) is 3.41. The molecule has 0 unspecified atom stereocenters. The van der Waals surface area contributed by atoms with Crippen LogP contribution in [0.5, 0.6) is 0 Å². The zero-order valence-electron chi connectivity index (χ0n) is 15.5. The number of para-hydroxylation sites is 1. The van der Waals surface area contributed by atoms with Crippen LogP contribution in [-0.4, -0.2) is 42.7 Å². The number of Topliss-reactive ketones (excluding diaryl/α,β-unsaturated/α-hetero) is 1. The van der Waals surface area contributed by atoms with Crippen molar-refractivity contribution in [1.29, 1.82) is 0 Å². The van der Waals surface area contributed by atoms with E-state index in [0.717, 1.165) is 29.5 Å². The Morgan fingerprint density at radius 3 is 2.46 bits per heavy atom. The maximum Gasteiger partial charge on any atom is 0.229 e. The fraction of sp³-hybridized carbons (Fsp3) is 0.211. The van der Waals surface area contributed by atoms with Crippen molar-refractivity contribution in [1.82, 2.24) is 9.97 Å². The van der Waals surface area contributed by atoms with Crippen LogP contribution in [-0.2, 0) is 10.0 Å². The molecule has 1 aromatic heterocycles. The molecule has 28 heavy (non-hydrogen) atoms. The van der Waals surface area contributed by atoms with Crippen molar-refractivity contribution in [2.45, 2.75) is 12.1 Å². The van der Waals surface area contributed by atoms with Gasteiger partial charge in [0, 0.05) is 23.2 Å².